The van der Waals surface area contributed by atoms with Crippen molar-refractivity contribution >= 4 is 44.7 Å². The minimum absolute atomic E-state index is 0.106. The first-order chi connectivity index (χ1) is 13.0. The summed E-state index contributed by atoms with van der Waals surface area (Å²) in [6, 6.07) is 12.4. The maximum atomic E-state index is 12.9. The number of carbonyl (C=O) groups is 2. The number of amides is 2. The van der Waals surface area contributed by atoms with Gasteiger partial charge in [0, 0.05) is 5.39 Å². The van der Waals surface area contributed by atoms with E-state index in [0.717, 1.165) is 28.6 Å². The number of nitrogens with zero attached hydrogens (tertiary/aromatic N) is 2. The van der Waals surface area contributed by atoms with Gasteiger partial charge in [-0.25, -0.2) is 0 Å². The molecule has 0 saturated heterocycles. The van der Waals surface area contributed by atoms with Crippen LogP contribution in [0.2, 0.25) is 0 Å². The highest BCUT2D eigenvalue weighted by atomic mass is 79.9. The van der Waals surface area contributed by atoms with Crippen molar-refractivity contribution in [1.82, 2.24) is 5.01 Å². The molecule has 0 spiro atoms. The van der Waals surface area contributed by atoms with Crippen LogP contribution in [0.4, 0.5) is 0 Å². The van der Waals surface area contributed by atoms with Crippen molar-refractivity contribution in [1.29, 1.82) is 0 Å². The predicted octanol–water partition coefficient (Wildman–Crippen LogP) is 4.04. The van der Waals surface area contributed by atoms with Crippen LogP contribution in [0.3, 0.4) is 0 Å². The van der Waals surface area contributed by atoms with Crippen molar-refractivity contribution in [2.75, 3.05) is 0 Å². The molecule has 5 rings (SSSR count). The van der Waals surface area contributed by atoms with Gasteiger partial charge in [-0.15, -0.1) is 0 Å². The number of carbonyl (C=O) groups excluding carboxylic acids is 2. The fourth-order valence-corrected chi connectivity index (χ4v) is 4.24. The van der Waals surface area contributed by atoms with E-state index in [1.165, 1.54) is 23.4 Å². The van der Waals surface area contributed by atoms with Crippen LogP contribution in [0.25, 0.3) is 10.8 Å². The third kappa shape index (κ3) is 2.33. The summed E-state index contributed by atoms with van der Waals surface area (Å²) < 4.78 is 0.510. The molecule has 1 N–H and O–H groups in total. The number of imide groups is 1. The van der Waals surface area contributed by atoms with Crippen LogP contribution in [0.5, 0.6) is 5.75 Å². The van der Waals surface area contributed by atoms with Crippen molar-refractivity contribution < 1.29 is 14.7 Å². The van der Waals surface area contributed by atoms with Crippen LogP contribution in [0.15, 0.2) is 52.0 Å². The second kappa shape index (κ2) is 5.76. The second-order valence-corrected chi connectivity index (χ2v) is 7.53. The Labute approximate surface area is 163 Å². The third-order valence-corrected chi connectivity index (χ3v) is 5.77. The molecule has 2 aliphatic rings. The number of aryl methyl sites for hydroxylation is 2. The minimum atomic E-state index is -0.419. The summed E-state index contributed by atoms with van der Waals surface area (Å²) in [7, 11) is 0. The standard InChI is InChI=1S/C21H13BrN2O3/c22-16-9-11(1-8-17(16)25)10-23-24-20(26)14-6-4-12-2-3-13-5-7-15(21(24)27)19(14)18(12)13/h1,4-10,25H,2-3H2/b23-10-. The molecule has 5 nitrogen and oxygen atoms in total. The lowest BCUT2D eigenvalue weighted by atomic mass is 9.92. The molecule has 0 aromatic heterocycles. The molecular weight excluding hydrogens is 408 g/mol. The molecule has 0 atom stereocenters. The predicted molar refractivity (Wildman–Crippen MR) is 105 cm³/mol. The average molecular weight is 421 g/mol. The van der Waals surface area contributed by atoms with Gasteiger partial charge in [0.25, 0.3) is 11.8 Å². The normalized spacial score (nSPS) is 15.4. The molecule has 132 valence electrons. The molecule has 6 heteroatoms. The Kier molecular flexibility index (Phi) is 3.45. The van der Waals surface area contributed by atoms with Gasteiger partial charge >= 0.3 is 0 Å². The Morgan fingerprint density at radius 2 is 1.56 bits per heavy atom. The summed E-state index contributed by atoms with van der Waals surface area (Å²) in [4.78, 5) is 25.9. The molecule has 3 aromatic rings. The number of halogens is 1. The topological polar surface area (TPSA) is 70.0 Å². The SMILES string of the molecule is O=C1c2ccc3c4c(ccc(c24)C(=O)N1/N=C\c1ccc(O)c(Br)c1)CC3. The zero-order chi connectivity index (χ0) is 18.7. The van der Waals surface area contributed by atoms with Gasteiger partial charge in [-0.05, 0) is 81.2 Å². The molecule has 0 unspecified atom stereocenters. The molecule has 0 fully saturated rings. The van der Waals surface area contributed by atoms with Crippen LogP contribution < -0.4 is 0 Å². The highest BCUT2D eigenvalue weighted by Crippen LogP contribution is 2.38. The van der Waals surface area contributed by atoms with Gasteiger partial charge < -0.3 is 5.11 Å². The fraction of sp³-hybridized carbons (Fsp3) is 0.0952. The quantitative estimate of drug-likeness (QED) is 0.502. The number of phenols is 1. The lowest BCUT2D eigenvalue weighted by molar-refractivity contribution is 0.0616. The first kappa shape index (κ1) is 16.2. The van der Waals surface area contributed by atoms with E-state index in [9.17, 15) is 14.7 Å². The van der Waals surface area contributed by atoms with Crippen LogP contribution in [-0.2, 0) is 12.8 Å². The van der Waals surface area contributed by atoms with Gasteiger partial charge in [-0.1, -0.05) is 12.1 Å². The largest absolute Gasteiger partial charge is 0.507 e. The molecule has 1 heterocycles. The molecule has 1 aliphatic carbocycles. The van der Waals surface area contributed by atoms with E-state index in [1.54, 1.807) is 24.3 Å². The lowest BCUT2D eigenvalue weighted by Gasteiger charge is -2.23. The molecule has 27 heavy (non-hydrogen) atoms. The number of aromatic hydroxyl groups is 1. The van der Waals surface area contributed by atoms with E-state index >= 15 is 0 Å². The van der Waals surface area contributed by atoms with Crippen molar-refractivity contribution in [3.63, 3.8) is 0 Å². The Balaban J connectivity index is 1.61. The monoisotopic (exact) mass is 420 g/mol. The number of hydrogen-bond acceptors (Lipinski definition) is 4. The van der Waals surface area contributed by atoms with E-state index in [0.29, 0.717) is 21.2 Å². The van der Waals surface area contributed by atoms with Gasteiger partial charge in [0.05, 0.1) is 21.8 Å². The van der Waals surface area contributed by atoms with Crippen LogP contribution >= 0.6 is 15.9 Å². The highest BCUT2D eigenvalue weighted by molar-refractivity contribution is 9.10. The summed E-state index contributed by atoms with van der Waals surface area (Å²) in [6.07, 6.45) is 3.31. The second-order valence-electron chi connectivity index (χ2n) is 6.67. The molecule has 0 saturated carbocycles. The molecular formula is C21H13BrN2O3. The molecule has 2 amide bonds. The Bertz CT molecular complexity index is 1140. The molecule has 3 aromatic carbocycles. The van der Waals surface area contributed by atoms with Gasteiger partial charge in [-0.2, -0.15) is 10.1 Å². The average Bonchev–Trinajstić information content (AvgIpc) is 3.09. The van der Waals surface area contributed by atoms with E-state index in [4.69, 9.17) is 0 Å². The summed E-state index contributed by atoms with van der Waals surface area (Å²) in [5.41, 5.74) is 4.06. The van der Waals surface area contributed by atoms with E-state index < -0.39 is 11.8 Å². The van der Waals surface area contributed by atoms with Crippen molar-refractivity contribution in [2.45, 2.75) is 12.8 Å². The van der Waals surface area contributed by atoms with Gasteiger partial charge in [0.15, 0.2) is 0 Å². The number of hydrogen-bond donors (Lipinski definition) is 1. The summed E-state index contributed by atoms with van der Waals surface area (Å²) in [5.74, 6) is -0.732. The van der Waals surface area contributed by atoms with Crippen molar-refractivity contribution in [3.05, 3.63) is 74.8 Å². The number of benzene rings is 3. The van der Waals surface area contributed by atoms with Crippen LogP contribution in [-0.4, -0.2) is 28.1 Å². The Morgan fingerprint density at radius 3 is 2.15 bits per heavy atom. The van der Waals surface area contributed by atoms with Crippen LogP contribution in [0.1, 0.15) is 37.4 Å². The summed E-state index contributed by atoms with van der Waals surface area (Å²) in [5, 5.41) is 16.4. The highest BCUT2D eigenvalue weighted by Gasteiger charge is 2.34. The fourth-order valence-electron chi connectivity index (χ4n) is 3.84. The zero-order valence-electron chi connectivity index (χ0n) is 14.1. The molecule has 0 bridgehead atoms. The lowest BCUT2D eigenvalue weighted by Crippen LogP contribution is -2.36. The Hall–Kier alpha value is -2.99. The van der Waals surface area contributed by atoms with E-state index in [1.807, 2.05) is 12.1 Å². The van der Waals surface area contributed by atoms with Gasteiger partial charge in [-0.3, -0.25) is 9.59 Å². The number of hydrazone groups is 1. The summed E-state index contributed by atoms with van der Waals surface area (Å²) >= 11 is 3.24. The van der Waals surface area contributed by atoms with Gasteiger partial charge in [0.2, 0.25) is 0 Å². The van der Waals surface area contributed by atoms with E-state index in [-0.39, 0.29) is 5.75 Å². The van der Waals surface area contributed by atoms with Crippen molar-refractivity contribution in [2.24, 2.45) is 5.10 Å². The van der Waals surface area contributed by atoms with Crippen molar-refractivity contribution in [3.8, 4) is 5.75 Å². The van der Waals surface area contributed by atoms with Gasteiger partial charge in [0.1, 0.15) is 5.75 Å². The maximum Gasteiger partial charge on any atom is 0.282 e. The number of phenolic OH excluding ortho intramolecular Hbond substituents is 1. The molecule has 0 radical (unpaired) electrons. The summed E-state index contributed by atoms with van der Waals surface area (Å²) in [6.45, 7) is 0. The molecule has 1 aliphatic heterocycles. The maximum absolute atomic E-state index is 12.9. The first-order valence-corrected chi connectivity index (χ1v) is 9.32. The van der Waals surface area contributed by atoms with E-state index in [2.05, 4.69) is 21.0 Å². The first-order valence-electron chi connectivity index (χ1n) is 8.53. The number of rotatable bonds is 2. The minimum Gasteiger partial charge on any atom is -0.507 e. The van der Waals surface area contributed by atoms with Crippen LogP contribution in [0, 0.1) is 0 Å². The smallest absolute Gasteiger partial charge is 0.282 e. The zero-order valence-corrected chi connectivity index (χ0v) is 15.7. The third-order valence-electron chi connectivity index (χ3n) is 5.14. The Morgan fingerprint density at radius 1 is 0.926 bits per heavy atom.